The van der Waals surface area contributed by atoms with E-state index < -0.39 is 0 Å². The zero-order valence-corrected chi connectivity index (χ0v) is 18.5. The number of rotatable bonds is 4. The predicted molar refractivity (Wildman–Crippen MR) is 126 cm³/mol. The third-order valence-corrected chi connectivity index (χ3v) is 6.09. The number of para-hydroxylation sites is 2. The van der Waals surface area contributed by atoms with Crippen molar-refractivity contribution in [3.8, 4) is 11.4 Å². The monoisotopic (exact) mass is 423 g/mol. The molecule has 0 saturated carbocycles. The van der Waals surface area contributed by atoms with Crippen molar-refractivity contribution < 1.29 is 9.59 Å². The minimum atomic E-state index is -0.230. The van der Waals surface area contributed by atoms with Crippen LogP contribution in [0.1, 0.15) is 47.1 Å². The number of hydrogen-bond acceptors (Lipinski definition) is 3. The number of imidazole rings is 1. The third kappa shape index (κ3) is 3.30. The second-order valence-corrected chi connectivity index (χ2v) is 9.21. The van der Waals surface area contributed by atoms with Gasteiger partial charge in [0.2, 0.25) is 0 Å². The smallest absolute Gasteiger partial charge is 0.261 e. The number of fused-ring (bicyclic) bond motifs is 2. The zero-order chi connectivity index (χ0) is 22.5. The summed E-state index contributed by atoms with van der Waals surface area (Å²) in [7, 11) is 0. The van der Waals surface area contributed by atoms with E-state index in [1.54, 1.807) is 24.3 Å². The SMILES string of the molecule is CC(C)(C)c1ccc(-c2nc3ccccc3n2CCN2C(=O)c3ccccc3C2=O)cc1. The van der Waals surface area contributed by atoms with Crippen LogP contribution < -0.4 is 0 Å². The molecule has 0 atom stereocenters. The average Bonchev–Trinajstić information content (AvgIpc) is 3.27. The molecular weight excluding hydrogens is 398 g/mol. The lowest BCUT2D eigenvalue weighted by atomic mass is 9.87. The maximum absolute atomic E-state index is 12.8. The first-order valence-electron chi connectivity index (χ1n) is 10.9. The number of benzene rings is 3. The van der Waals surface area contributed by atoms with Gasteiger partial charge in [-0.1, -0.05) is 69.3 Å². The van der Waals surface area contributed by atoms with E-state index in [-0.39, 0.29) is 17.2 Å². The molecule has 0 spiro atoms. The first kappa shape index (κ1) is 20.2. The van der Waals surface area contributed by atoms with Crippen molar-refractivity contribution in [1.82, 2.24) is 14.5 Å². The molecule has 5 nitrogen and oxygen atoms in total. The Morgan fingerprint density at radius 3 is 1.97 bits per heavy atom. The summed E-state index contributed by atoms with van der Waals surface area (Å²) in [5.74, 6) is 0.375. The normalized spacial score (nSPS) is 13.8. The summed E-state index contributed by atoms with van der Waals surface area (Å²) < 4.78 is 2.10. The van der Waals surface area contributed by atoms with E-state index in [1.165, 1.54) is 10.5 Å². The van der Waals surface area contributed by atoms with Gasteiger partial charge < -0.3 is 4.57 Å². The summed E-state index contributed by atoms with van der Waals surface area (Å²) >= 11 is 0. The number of aromatic nitrogens is 2. The predicted octanol–water partition coefficient (Wildman–Crippen LogP) is 5.30. The molecule has 1 aliphatic rings. The van der Waals surface area contributed by atoms with Gasteiger partial charge in [-0.3, -0.25) is 14.5 Å². The molecule has 0 N–H and O–H groups in total. The van der Waals surface area contributed by atoms with Gasteiger partial charge in [0.1, 0.15) is 5.82 Å². The fourth-order valence-corrected chi connectivity index (χ4v) is 4.28. The fourth-order valence-electron chi connectivity index (χ4n) is 4.28. The van der Waals surface area contributed by atoms with Gasteiger partial charge >= 0.3 is 0 Å². The van der Waals surface area contributed by atoms with Crippen LogP contribution in [-0.4, -0.2) is 32.8 Å². The highest BCUT2D eigenvalue weighted by atomic mass is 16.2. The number of carbonyl (C=O) groups excluding carboxylic acids is 2. The molecule has 0 fully saturated rings. The maximum atomic E-state index is 12.8. The van der Waals surface area contributed by atoms with E-state index in [0.29, 0.717) is 24.2 Å². The lowest BCUT2D eigenvalue weighted by Gasteiger charge is -2.19. The van der Waals surface area contributed by atoms with Gasteiger partial charge in [-0.25, -0.2) is 4.98 Å². The Morgan fingerprint density at radius 1 is 0.750 bits per heavy atom. The van der Waals surface area contributed by atoms with E-state index in [2.05, 4.69) is 49.6 Å². The van der Waals surface area contributed by atoms with E-state index in [0.717, 1.165) is 22.4 Å². The second kappa shape index (κ2) is 7.45. The molecule has 4 aromatic rings. The van der Waals surface area contributed by atoms with Crippen molar-refractivity contribution in [2.75, 3.05) is 6.54 Å². The first-order chi connectivity index (χ1) is 15.3. The Labute approximate surface area is 187 Å². The minimum absolute atomic E-state index is 0.0736. The Morgan fingerprint density at radius 2 is 1.34 bits per heavy atom. The zero-order valence-electron chi connectivity index (χ0n) is 18.5. The Hall–Kier alpha value is -3.73. The van der Waals surface area contributed by atoms with E-state index in [4.69, 9.17) is 4.98 Å². The van der Waals surface area contributed by atoms with Crippen LogP contribution in [0.25, 0.3) is 22.4 Å². The molecule has 2 heterocycles. The van der Waals surface area contributed by atoms with Crippen molar-refractivity contribution in [2.24, 2.45) is 0 Å². The van der Waals surface area contributed by atoms with Crippen LogP contribution in [0, 0.1) is 0 Å². The summed E-state index contributed by atoms with van der Waals surface area (Å²) in [5.41, 5.74) is 5.18. The van der Waals surface area contributed by atoms with Crippen LogP contribution in [0.2, 0.25) is 0 Å². The molecule has 160 valence electrons. The molecule has 0 saturated heterocycles. The molecule has 0 bridgehead atoms. The molecule has 5 rings (SSSR count). The molecular formula is C27H25N3O2. The van der Waals surface area contributed by atoms with E-state index in [9.17, 15) is 9.59 Å². The number of imide groups is 1. The average molecular weight is 424 g/mol. The molecule has 2 amide bonds. The molecule has 0 radical (unpaired) electrons. The fraction of sp³-hybridized carbons (Fsp3) is 0.222. The van der Waals surface area contributed by atoms with Crippen LogP contribution in [0.4, 0.5) is 0 Å². The number of nitrogens with zero attached hydrogens (tertiary/aromatic N) is 3. The van der Waals surface area contributed by atoms with Crippen molar-refractivity contribution in [3.05, 3.63) is 89.5 Å². The van der Waals surface area contributed by atoms with Gasteiger partial charge in [0.25, 0.3) is 11.8 Å². The third-order valence-electron chi connectivity index (χ3n) is 6.09. The summed E-state index contributed by atoms with van der Waals surface area (Å²) in [4.78, 5) is 31.8. The topological polar surface area (TPSA) is 55.2 Å². The standard InChI is InChI=1S/C27H25N3O2/c1-27(2,3)19-14-12-18(13-15-19)24-28-22-10-6-7-11-23(22)29(24)16-17-30-25(31)20-8-4-5-9-21(20)26(30)32/h4-15H,16-17H2,1-3H3. The lowest BCUT2D eigenvalue weighted by molar-refractivity contribution is 0.0649. The highest BCUT2D eigenvalue weighted by molar-refractivity contribution is 6.21. The van der Waals surface area contributed by atoms with Gasteiger partial charge in [-0.2, -0.15) is 0 Å². The van der Waals surface area contributed by atoms with E-state index in [1.807, 2.05) is 24.3 Å². The summed E-state index contributed by atoms with van der Waals surface area (Å²) in [5, 5.41) is 0. The van der Waals surface area contributed by atoms with Crippen molar-refractivity contribution in [2.45, 2.75) is 32.7 Å². The summed E-state index contributed by atoms with van der Waals surface area (Å²) in [6.07, 6.45) is 0. The largest absolute Gasteiger partial charge is 0.322 e. The number of carbonyl (C=O) groups is 2. The van der Waals surface area contributed by atoms with Gasteiger partial charge in [0, 0.05) is 18.7 Å². The highest BCUT2D eigenvalue weighted by Gasteiger charge is 2.34. The quantitative estimate of drug-likeness (QED) is 0.419. The van der Waals surface area contributed by atoms with Crippen LogP contribution in [0.3, 0.4) is 0 Å². The van der Waals surface area contributed by atoms with E-state index >= 15 is 0 Å². The highest BCUT2D eigenvalue weighted by Crippen LogP contribution is 2.29. The number of hydrogen-bond donors (Lipinski definition) is 0. The van der Waals surface area contributed by atoms with Crippen molar-refractivity contribution in [3.63, 3.8) is 0 Å². The van der Waals surface area contributed by atoms with Crippen LogP contribution in [0.15, 0.2) is 72.8 Å². The van der Waals surface area contributed by atoms with Gasteiger partial charge in [0.05, 0.1) is 22.2 Å². The summed E-state index contributed by atoms with van der Waals surface area (Å²) in [6.45, 7) is 7.35. The Kier molecular flexibility index (Phi) is 4.70. The van der Waals surface area contributed by atoms with Crippen LogP contribution >= 0.6 is 0 Å². The lowest BCUT2D eigenvalue weighted by Crippen LogP contribution is -2.33. The molecule has 1 aromatic heterocycles. The molecule has 0 unspecified atom stereocenters. The first-order valence-corrected chi connectivity index (χ1v) is 10.9. The molecule has 3 aromatic carbocycles. The van der Waals surface area contributed by atoms with Crippen LogP contribution in [-0.2, 0) is 12.0 Å². The van der Waals surface area contributed by atoms with Gasteiger partial charge in [-0.15, -0.1) is 0 Å². The number of amides is 2. The summed E-state index contributed by atoms with van der Waals surface area (Å²) in [6, 6.07) is 23.4. The van der Waals surface area contributed by atoms with Crippen LogP contribution in [0.5, 0.6) is 0 Å². The van der Waals surface area contributed by atoms with Gasteiger partial charge in [-0.05, 0) is 35.2 Å². The molecule has 1 aliphatic heterocycles. The maximum Gasteiger partial charge on any atom is 0.261 e. The Balaban J connectivity index is 1.49. The minimum Gasteiger partial charge on any atom is -0.322 e. The van der Waals surface area contributed by atoms with Crippen molar-refractivity contribution in [1.29, 1.82) is 0 Å². The Bertz CT molecular complexity index is 1310. The molecule has 0 aliphatic carbocycles. The second-order valence-electron chi connectivity index (χ2n) is 9.21. The van der Waals surface area contributed by atoms with Gasteiger partial charge in [0.15, 0.2) is 0 Å². The van der Waals surface area contributed by atoms with Crippen molar-refractivity contribution >= 4 is 22.8 Å². The molecule has 32 heavy (non-hydrogen) atoms. The molecule has 5 heteroatoms.